The topological polar surface area (TPSA) is 130 Å². The molecule has 0 saturated heterocycles. The normalized spacial score (nSPS) is 10.8. The van der Waals surface area contributed by atoms with Crippen molar-refractivity contribution in [1.29, 1.82) is 0 Å². The number of rotatable bonds is 20. The number of carboxylic acid groups (broad SMARTS) is 2. The van der Waals surface area contributed by atoms with Crippen molar-refractivity contribution < 1.29 is 48.2 Å². The van der Waals surface area contributed by atoms with Crippen LogP contribution in [-0.4, -0.2) is 88.2 Å². The maximum atomic E-state index is 11.6. The molecule has 2 N–H and O–H groups in total. The number of carboxylic acids is 2. The van der Waals surface area contributed by atoms with Crippen LogP contribution in [0.1, 0.15) is 47.4 Å². The lowest BCUT2D eigenvalue weighted by Gasteiger charge is -2.15. The highest BCUT2D eigenvalue weighted by molar-refractivity contribution is 5.97. The maximum absolute atomic E-state index is 11.6. The van der Waals surface area contributed by atoms with Crippen molar-refractivity contribution in [3.63, 3.8) is 0 Å². The minimum atomic E-state index is -1.26. The summed E-state index contributed by atoms with van der Waals surface area (Å²) in [5.74, 6) is -2.67. The molecule has 1 aromatic carbocycles. The Labute approximate surface area is 188 Å². The molecular formula is C22H34O10. The van der Waals surface area contributed by atoms with Gasteiger partial charge in [-0.05, 0) is 25.0 Å². The molecule has 0 aliphatic heterocycles. The van der Waals surface area contributed by atoms with Crippen LogP contribution in [0.3, 0.4) is 0 Å². The predicted molar refractivity (Wildman–Crippen MR) is 115 cm³/mol. The molecule has 0 saturated carbocycles. The van der Waals surface area contributed by atoms with Gasteiger partial charge in [0.1, 0.15) is 35.8 Å². The Morgan fingerprint density at radius 3 is 1.22 bits per heavy atom. The molecule has 0 aliphatic carbocycles. The molecule has 0 aliphatic rings. The van der Waals surface area contributed by atoms with Gasteiger partial charge in [-0.2, -0.15) is 0 Å². The van der Waals surface area contributed by atoms with Gasteiger partial charge in [-0.1, -0.05) is 13.8 Å². The minimum absolute atomic E-state index is 0.0568. The minimum Gasteiger partial charge on any atom is -0.490 e. The van der Waals surface area contributed by atoms with Crippen molar-refractivity contribution in [2.24, 2.45) is 0 Å². The van der Waals surface area contributed by atoms with Crippen LogP contribution in [0.5, 0.6) is 11.5 Å². The second-order valence-corrected chi connectivity index (χ2v) is 6.60. The number of benzene rings is 1. The molecule has 0 heterocycles. The SMILES string of the molecule is CCCOCCOCCOc1cc(C(=O)O)c(OCCOCCOCCC)cc1C(=O)O. The fourth-order valence-corrected chi connectivity index (χ4v) is 2.49. The third-order valence-electron chi connectivity index (χ3n) is 3.95. The highest BCUT2D eigenvalue weighted by Crippen LogP contribution is 2.29. The largest absolute Gasteiger partial charge is 0.490 e. The Balaban J connectivity index is 2.60. The smallest absolute Gasteiger partial charge is 0.339 e. The van der Waals surface area contributed by atoms with Crippen LogP contribution < -0.4 is 9.47 Å². The molecule has 10 heteroatoms. The van der Waals surface area contributed by atoms with E-state index >= 15 is 0 Å². The molecule has 32 heavy (non-hydrogen) atoms. The van der Waals surface area contributed by atoms with Crippen LogP contribution >= 0.6 is 0 Å². The van der Waals surface area contributed by atoms with E-state index in [4.69, 9.17) is 28.4 Å². The van der Waals surface area contributed by atoms with E-state index < -0.39 is 11.9 Å². The molecule has 1 aromatic rings. The lowest BCUT2D eigenvalue weighted by Crippen LogP contribution is -2.15. The van der Waals surface area contributed by atoms with Crippen molar-refractivity contribution in [1.82, 2.24) is 0 Å². The summed E-state index contributed by atoms with van der Waals surface area (Å²) in [7, 11) is 0. The van der Waals surface area contributed by atoms with Gasteiger partial charge in [0.2, 0.25) is 0 Å². The Kier molecular flexibility index (Phi) is 14.8. The van der Waals surface area contributed by atoms with Crippen LogP contribution in [0.4, 0.5) is 0 Å². The van der Waals surface area contributed by atoms with Crippen LogP contribution in [0, 0.1) is 0 Å². The standard InChI is InChI=1S/C22H34O10/c1-3-5-27-7-9-29-11-13-31-19-15-18(22(25)26)20(16-17(19)21(23)24)32-14-12-30-10-8-28-6-4-2/h15-16H,3-14H2,1-2H3,(H,23,24)(H,25,26). The van der Waals surface area contributed by atoms with Gasteiger partial charge in [-0.15, -0.1) is 0 Å². The third kappa shape index (κ3) is 11.3. The Bertz CT molecular complexity index is 619. The van der Waals surface area contributed by atoms with Gasteiger partial charge in [0.25, 0.3) is 0 Å². The van der Waals surface area contributed by atoms with E-state index in [0.29, 0.717) is 39.6 Å². The van der Waals surface area contributed by atoms with Crippen LogP contribution in [0.2, 0.25) is 0 Å². The van der Waals surface area contributed by atoms with E-state index in [-0.39, 0.29) is 49.1 Å². The lowest BCUT2D eigenvalue weighted by molar-refractivity contribution is 0.0356. The summed E-state index contributed by atoms with van der Waals surface area (Å²) in [6, 6.07) is 2.29. The summed E-state index contributed by atoms with van der Waals surface area (Å²) in [6.45, 7) is 7.54. The van der Waals surface area contributed by atoms with E-state index in [1.165, 1.54) is 0 Å². The van der Waals surface area contributed by atoms with Gasteiger partial charge in [0, 0.05) is 13.2 Å². The fraction of sp³-hybridized carbons (Fsp3) is 0.636. The van der Waals surface area contributed by atoms with Crippen molar-refractivity contribution >= 4 is 11.9 Å². The fourth-order valence-electron chi connectivity index (χ4n) is 2.49. The number of carbonyl (C=O) groups is 2. The van der Waals surface area contributed by atoms with Gasteiger partial charge in [0.15, 0.2) is 0 Å². The molecule has 0 aromatic heterocycles. The van der Waals surface area contributed by atoms with Gasteiger partial charge in [0.05, 0.1) is 39.6 Å². The summed E-state index contributed by atoms with van der Waals surface area (Å²) >= 11 is 0. The molecular weight excluding hydrogens is 424 g/mol. The molecule has 182 valence electrons. The average molecular weight is 459 g/mol. The van der Waals surface area contributed by atoms with E-state index in [0.717, 1.165) is 25.0 Å². The first kappa shape index (κ1) is 27.6. The molecule has 0 atom stereocenters. The van der Waals surface area contributed by atoms with Gasteiger partial charge >= 0.3 is 11.9 Å². The lowest BCUT2D eigenvalue weighted by atomic mass is 10.1. The molecule has 0 unspecified atom stereocenters. The average Bonchev–Trinajstić information content (AvgIpc) is 2.77. The first-order valence-corrected chi connectivity index (χ1v) is 10.7. The van der Waals surface area contributed by atoms with Crippen LogP contribution in [0.25, 0.3) is 0 Å². The van der Waals surface area contributed by atoms with Gasteiger partial charge < -0.3 is 38.6 Å². The quantitative estimate of drug-likeness (QED) is 0.281. The van der Waals surface area contributed by atoms with E-state index in [9.17, 15) is 19.8 Å². The molecule has 0 fully saturated rings. The zero-order valence-electron chi connectivity index (χ0n) is 18.8. The summed E-state index contributed by atoms with van der Waals surface area (Å²) < 4.78 is 32.2. The first-order valence-electron chi connectivity index (χ1n) is 10.7. The number of aromatic carboxylic acids is 2. The van der Waals surface area contributed by atoms with Crippen molar-refractivity contribution in [3.8, 4) is 11.5 Å². The summed E-state index contributed by atoms with van der Waals surface area (Å²) in [4.78, 5) is 23.2. The van der Waals surface area contributed by atoms with Crippen molar-refractivity contribution in [2.75, 3.05) is 66.1 Å². The van der Waals surface area contributed by atoms with E-state index in [1.54, 1.807) is 0 Å². The zero-order chi connectivity index (χ0) is 23.6. The number of ether oxygens (including phenoxy) is 6. The first-order chi connectivity index (χ1) is 15.5. The van der Waals surface area contributed by atoms with Gasteiger partial charge in [-0.25, -0.2) is 9.59 Å². The van der Waals surface area contributed by atoms with Crippen LogP contribution in [0.15, 0.2) is 12.1 Å². The molecule has 0 spiro atoms. The van der Waals surface area contributed by atoms with Crippen molar-refractivity contribution in [2.45, 2.75) is 26.7 Å². The predicted octanol–water partition coefficient (Wildman–Crippen LogP) is 2.73. The van der Waals surface area contributed by atoms with Gasteiger partial charge in [-0.3, -0.25) is 0 Å². The van der Waals surface area contributed by atoms with E-state index in [2.05, 4.69) is 0 Å². The summed E-state index contributed by atoms with van der Waals surface area (Å²) in [5, 5.41) is 19.0. The second-order valence-electron chi connectivity index (χ2n) is 6.60. The molecule has 0 amide bonds. The summed E-state index contributed by atoms with van der Waals surface area (Å²) in [6.07, 6.45) is 1.85. The third-order valence-corrected chi connectivity index (χ3v) is 3.95. The van der Waals surface area contributed by atoms with E-state index in [1.807, 2.05) is 13.8 Å². The second kappa shape index (κ2) is 17.2. The Morgan fingerprint density at radius 1 is 0.594 bits per heavy atom. The maximum Gasteiger partial charge on any atom is 0.339 e. The molecule has 0 bridgehead atoms. The Morgan fingerprint density at radius 2 is 0.906 bits per heavy atom. The van der Waals surface area contributed by atoms with Crippen LogP contribution in [-0.2, 0) is 18.9 Å². The Hall–Kier alpha value is -2.40. The highest BCUT2D eigenvalue weighted by atomic mass is 16.6. The molecule has 0 radical (unpaired) electrons. The highest BCUT2D eigenvalue weighted by Gasteiger charge is 2.21. The zero-order valence-corrected chi connectivity index (χ0v) is 18.8. The van der Waals surface area contributed by atoms with Crippen molar-refractivity contribution in [3.05, 3.63) is 23.3 Å². The molecule has 10 nitrogen and oxygen atoms in total. The monoisotopic (exact) mass is 458 g/mol. The summed E-state index contributed by atoms with van der Waals surface area (Å²) in [5.41, 5.74) is -0.407. The molecule has 1 rings (SSSR count). The number of hydrogen-bond acceptors (Lipinski definition) is 8. The number of hydrogen-bond donors (Lipinski definition) is 2.